The van der Waals surface area contributed by atoms with Crippen molar-refractivity contribution in [1.82, 2.24) is 5.32 Å². The normalized spacial score (nSPS) is 14.0. The third-order valence-electron chi connectivity index (χ3n) is 5.46. The molecule has 3 nitrogen and oxygen atoms in total. The van der Waals surface area contributed by atoms with E-state index in [1.54, 1.807) is 12.2 Å². The number of alkyl halides is 6. The second-order valence-electron chi connectivity index (χ2n) is 8.45. The number of rotatable bonds is 9. The number of nitrogens with one attached hydrogen (secondary N) is 1. The van der Waals surface area contributed by atoms with Crippen LogP contribution in [0.2, 0.25) is 15.1 Å². The van der Waals surface area contributed by atoms with Gasteiger partial charge >= 0.3 is 12.4 Å². The summed E-state index contributed by atoms with van der Waals surface area (Å²) in [7, 11) is 0. The fraction of sp³-hybridized carbons (Fsp3) is 0.360. The van der Waals surface area contributed by atoms with E-state index in [1.807, 2.05) is 0 Å². The van der Waals surface area contributed by atoms with Crippen LogP contribution >= 0.6 is 34.8 Å². The zero-order chi connectivity index (χ0) is 28.1. The van der Waals surface area contributed by atoms with Crippen molar-refractivity contribution in [2.75, 3.05) is 6.54 Å². The number of carbonyl (C=O) groups excluding carboxylic acids is 2. The zero-order valence-electron chi connectivity index (χ0n) is 19.5. The second-order valence-corrected chi connectivity index (χ2v) is 9.64. The lowest BCUT2D eigenvalue weighted by molar-refractivity contribution is -0.140. The van der Waals surface area contributed by atoms with Gasteiger partial charge in [0.2, 0.25) is 5.91 Å². The van der Waals surface area contributed by atoms with E-state index in [1.165, 1.54) is 31.2 Å². The molecule has 0 aliphatic carbocycles. The third-order valence-corrected chi connectivity index (χ3v) is 6.66. The molecule has 2 atom stereocenters. The zero-order valence-corrected chi connectivity index (χ0v) is 21.8. The molecule has 0 fully saturated rings. The minimum atomic E-state index is -4.65. The van der Waals surface area contributed by atoms with Crippen LogP contribution < -0.4 is 5.32 Å². The minimum Gasteiger partial charge on any atom is -0.347 e. The average molecular weight is 589 g/mol. The summed E-state index contributed by atoms with van der Waals surface area (Å²) in [6.45, 7) is 1.56. The summed E-state index contributed by atoms with van der Waals surface area (Å²) in [6.07, 6.45) is -7.05. The molecule has 0 aliphatic heterocycles. The molecule has 2 rings (SSSR count). The molecule has 12 heteroatoms. The van der Waals surface area contributed by atoms with Crippen molar-refractivity contribution < 1.29 is 35.9 Å². The Labute approximate surface area is 224 Å². The van der Waals surface area contributed by atoms with Crippen molar-refractivity contribution in [3.05, 3.63) is 73.7 Å². The number of halogens is 9. The van der Waals surface area contributed by atoms with Crippen molar-refractivity contribution in [2.24, 2.45) is 5.92 Å². The van der Waals surface area contributed by atoms with Gasteiger partial charge in [0.1, 0.15) is 6.54 Å². The number of benzene rings is 2. The van der Waals surface area contributed by atoms with E-state index in [2.05, 4.69) is 0 Å². The van der Waals surface area contributed by atoms with Gasteiger partial charge in [-0.15, -0.1) is 0 Å². The Morgan fingerprint density at radius 3 is 2.11 bits per heavy atom. The van der Waals surface area contributed by atoms with Crippen LogP contribution in [0.1, 0.15) is 52.7 Å². The summed E-state index contributed by atoms with van der Waals surface area (Å²) in [5, 5.41) is 1.50. The largest absolute Gasteiger partial charge is 0.405 e. The van der Waals surface area contributed by atoms with Crippen molar-refractivity contribution in [3.63, 3.8) is 0 Å². The van der Waals surface area contributed by atoms with Crippen LogP contribution in [0.5, 0.6) is 0 Å². The van der Waals surface area contributed by atoms with E-state index >= 15 is 0 Å². The highest BCUT2D eigenvalue weighted by Gasteiger charge is 2.39. The molecule has 0 heterocycles. The molecule has 2 unspecified atom stereocenters. The molecule has 0 aliphatic rings. The highest BCUT2D eigenvalue weighted by molar-refractivity contribution is 6.48. The van der Waals surface area contributed by atoms with Gasteiger partial charge in [-0.05, 0) is 42.2 Å². The fourth-order valence-corrected chi connectivity index (χ4v) is 4.06. The molecule has 0 bridgehead atoms. The highest BCUT2D eigenvalue weighted by Crippen LogP contribution is 2.41. The van der Waals surface area contributed by atoms with Crippen LogP contribution in [-0.4, -0.2) is 30.6 Å². The number of hydrogen-bond donors (Lipinski definition) is 1. The number of ketones is 1. The molecule has 1 amide bonds. The highest BCUT2D eigenvalue weighted by atomic mass is 35.5. The van der Waals surface area contributed by atoms with Crippen LogP contribution in [0, 0.1) is 12.8 Å². The van der Waals surface area contributed by atoms with E-state index in [-0.39, 0.29) is 39.3 Å². The maximum Gasteiger partial charge on any atom is 0.405 e. The summed E-state index contributed by atoms with van der Waals surface area (Å²) >= 11 is 17.6. The van der Waals surface area contributed by atoms with Gasteiger partial charge < -0.3 is 5.32 Å². The number of carbonyl (C=O) groups is 2. The summed E-state index contributed by atoms with van der Waals surface area (Å²) in [5.74, 6) is -4.00. The van der Waals surface area contributed by atoms with E-state index < -0.39 is 36.6 Å². The molecule has 0 radical (unpaired) electrons. The van der Waals surface area contributed by atoms with E-state index in [9.17, 15) is 35.9 Å². The first kappa shape index (κ1) is 31.0. The lowest BCUT2D eigenvalue weighted by atomic mass is 9.94. The Kier molecular flexibility index (Phi) is 10.5. The number of allylic oxidation sites excluding steroid dienone is 1. The van der Waals surface area contributed by atoms with Gasteiger partial charge in [-0.3, -0.25) is 9.59 Å². The lowest BCUT2D eigenvalue weighted by Crippen LogP contribution is -2.37. The average Bonchev–Trinajstić information content (AvgIpc) is 2.77. The third kappa shape index (κ3) is 9.23. The summed E-state index contributed by atoms with van der Waals surface area (Å²) in [6, 6.07) is 6.62. The molecular formula is C25H22Cl3F6NO2. The SMILES string of the molecule is Cc1cc(/C=C/C(c2cc(Cl)c(Cl)c(Cl)c2)C(F)(F)F)ccc1C(=O)CCC(C)C(=O)NCC(F)(F)F. The monoisotopic (exact) mass is 587 g/mol. The maximum atomic E-state index is 13.7. The van der Waals surface area contributed by atoms with Crippen molar-refractivity contribution in [3.8, 4) is 0 Å². The van der Waals surface area contributed by atoms with Gasteiger partial charge in [-0.1, -0.05) is 72.1 Å². The van der Waals surface area contributed by atoms with Crippen molar-refractivity contribution >= 4 is 52.6 Å². The Morgan fingerprint density at radius 1 is 1.00 bits per heavy atom. The molecule has 2 aromatic rings. The smallest absolute Gasteiger partial charge is 0.347 e. The quantitative estimate of drug-likeness (QED) is 0.181. The van der Waals surface area contributed by atoms with Gasteiger partial charge in [-0.25, -0.2) is 0 Å². The summed E-state index contributed by atoms with van der Waals surface area (Å²) < 4.78 is 77.9. The maximum absolute atomic E-state index is 13.7. The van der Waals surface area contributed by atoms with Crippen LogP contribution in [-0.2, 0) is 4.79 Å². The van der Waals surface area contributed by atoms with Gasteiger partial charge in [0.25, 0.3) is 0 Å². The fourth-order valence-electron chi connectivity index (χ4n) is 3.45. The van der Waals surface area contributed by atoms with Crippen molar-refractivity contribution in [1.29, 1.82) is 0 Å². The second kappa shape index (κ2) is 12.5. The molecule has 37 heavy (non-hydrogen) atoms. The van der Waals surface area contributed by atoms with Crippen LogP contribution in [0.3, 0.4) is 0 Å². The standard InChI is InChI=1S/C25H22Cl3F6NO2/c1-13(23(37)35-12-24(29,30)31)3-8-21(36)17-6-4-15(9-14(17)2)5-7-18(25(32,33)34)16-10-19(26)22(28)20(27)11-16/h4-7,9-11,13,18H,3,8,12H2,1-2H3,(H,35,37)/b7-5+. The van der Waals surface area contributed by atoms with Crippen LogP contribution in [0.25, 0.3) is 6.08 Å². The molecule has 0 saturated carbocycles. The van der Waals surface area contributed by atoms with E-state index in [0.29, 0.717) is 16.7 Å². The first-order chi connectivity index (χ1) is 17.0. The number of hydrogen-bond acceptors (Lipinski definition) is 2. The lowest BCUT2D eigenvalue weighted by Gasteiger charge is -2.18. The topological polar surface area (TPSA) is 46.2 Å². The van der Waals surface area contributed by atoms with Gasteiger partial charge in [-0.2, -0.15) is 26.3 Å². The van der Waals surface area contributed by atoms with E-state index in [0.717, 1.165) is 18.2 Å². The molecule has 0 spiro atoms. The molecule has 1 N–H and O–H groups in total. The number of aryl methyl sites for hydroxylation is 1. The minimum absolute atomic E-state index is 0.0308. The predicted octanol–water partition coefficient (Wildman–Crippen LogP) is 8.59. The predicted molar refractivity (Wildman–Crippen MR) is 132 cm³/mol. The Morgan fingerprint density at radius 2 is 1.59 bits per heavy atom. The summed E-state index contributed by atoms with van der Waals surface area (Å²) in [4.78, 5) is 24.4. The van der Waals surface area contributed by atoms with Crippen LogP contribution in [0.15, 0.2) is 36.4 Å². The summed E-state index contributed by atoms with van der Waals surface area (Å²) in [5.41, 5.74) is 0.987. The molecule has 0 aromatic heterocycles. The molecule has 0 saturated heterocycles. The Bertz CT molecular complexity index is 1150. The first-order valence-corrected chi connectivity index (χ1v) is 12.0. The van der Waals surface area contributed by atoms with Gasteiger partial charge in [0.15, 0.2) is 5.78 Å². The Balaban J connectivity index is 2.12. The van der Waals surface area contributed by atoms with Gasteiger partial charge in [0, 0.05) is 17.9 Å². The van der Waals surface area contributed by atoms with Gasteiger partial charge in [0.05, 0.1) is 21.0 Å². The van der Waals surface area contributed by atoms with E-state index in [4.69, 9.17) is 34.8 Å². The number of amides is 1. The van der Waals surface area contributed by atoms with Crippen LogP contribution in [0.4, 0.5) is 26.3 Å². The first-order valence-electron chi connectivity index (χ1n) is 10.9. The number of Topliss-reactive ketones (excluding diaryl/α,β-unsaturated/α-hetero) is 1. The van der Waals surface area contributed by atoms with Crippen molar-refractivity contribution in [2.45, 2.75) is 45.0 Å². The molecular weight excluding hydrogens is 567 g/mol. The molecule has 2 aromatic carbocycles. The molecule has 202 valence electrons. The Hall–Kier alpha value is -2.23.